The van der Waals surface area contributed by atoms with E-state index in [4.69, 9.17) is 0 Å². The van der Waals surface area contributed by atoms with E-state index < -0.39 is 11.6 Å². The average molecular weight is 377 g/mol. The number of fused-ring (bicyclic) bond motifs is 1. The van der Waals surface area contributed by atoms with Gasteiger partial charge in [0.1, 0.15) is 11.5 Å². The minimum absolute atomic E-state index is 0.155. The van der Waals surface area contributed by atoms with Crippen LogP contribution in [-0.2, 0) is 20.7 Å². The molecule has 0 fully saturated rings. The van der Waals surface area contributed by atoms with Gasteiger partial charge in [-0.2, -0.15) is 5.10 Å². The summed E-state index contributed by atoms with van der Waals surface area (Å²) in [5.41, 5.74) is 1.83. The number of rotatable bonds is 6. The van der Waals surface area contributed by atoms with E-state index in [-0.39, 0.29) is 36.4 Å². The molecule has 6 nitrogen and oxygen atoms in total. The van der Waals surface area contributed by atoms with Gasteiger partial charge < -0.3 is 10.1 Å². The van der Waals surface area contributed by atoms with Crippen molar-refractivity contribution in [3.8, 4) is 5.69 Å². The van der Waals surface area contributed by atoms with Gasteiger partial charge in [-0.1, -0.05) is 0 Å². The molecule has 2 aromatic rings. The number of halogens is 2. The molecule has 1 aromatic carbocycles. The molecular formula is C19H21F2N3O3. The molecule has 1 N–H and O–H groups in total. The minimum Gasteiger partial charge on any atom is -0.469 e. The van der Waals surface area contributed by atoms with Crippen molar-refractivity contribution < 1.29 is 23.1 Å². The standard InChI is InChI=1S/C19H21F2N3O3/c1-27-19(26)7-3-6-18(25)23-15-4-2-5-16-13(15)11-22-24(16)17-9-8-12(20)10-14(17)21/h8-11,15H,2-7H2,1H3,(H,23,25)/t15-/m1/s1. The summed E-state index contributed by atoms with van der Waals surface area (Å²) in [6.07, 6.45) is 4.72. The van der Waals surface area contributed by atoms with Gasteiger partial charge in [-0.15, -0.1) is 0 Å². The maximum Gasteiger partial charge on any atom is 0.305 e. The average Bonchev–Trinajstić information content (AvgIpc) is 3.06. The number of nitrogens with zero attached hydrogens (tertiary/aromatic N) is 2. The predicted molar refractivity (Wildman–Crippen MR) is 93.2 cm³/mol. The third-order valence-corrected chi connectivity index (χ3v) is 4.67. The third-order valence-electron chi connectivity index (χ3n) is 4.67. The first-order chi connectivity index (χ1) is 13.0. The molecule has 1 atom stereocenters. The van der Waals surface area contributed by atoms with E-state index in [9.17, 15) is 18.4 Å². The van der Waals surface area contributed by atoms with Gasteiger partial charge in [0, 0.05) is 30.2 Å². The molecule has 27 heavy (non-hydrogen) atoms. The van der Waals surface area contributed by atoms with Gasteiger partial charge in [0.15, 0.2) is 5.82 Å². The Balaban J connectivity index is 1.71. The zero-order valence-electron chi connectivity index (χ0n) is 15.0. The zero-order valence-corrected chi connectivity index (χ0v) is 15.0. The second-order valence-corrected chi connectivity index (χ2v) is 6.50. The van der Waals surface area contributed by atoms with Crippen molar-refractivity contribution in [1.82, 2.24) is 15.1 Å². The lowest BCUT2D eigenvalue weighted by Crippen LogP contribution is -2.30. The van der Waals surface area contributed by atoms with Crippen LogP contribution in [0.1, 0.15) is 49.4 Å². The summed E-state index contributed by atoms with van der Waals surface area (Å²) in [6.45, 7) is 0. The van der Waals surface area contributed by atoms with Crippen molar-refractivity contribution in [2.24, 2.45) is 0 Å². The number of methoxy groups -OCH3 is 1. The molecule has 8 heteroatoms. The molecule has 0 spiro atoms. The van der Waals surface area contributed by atoms with Gasteiger partial charge in [-0.3, -0.25) is 9.59 Å². The molecular weight excluding hydrogens is 356 g/mol. The summed E-state index contributed by atoms with van der Waals surface area (Å²) in [7, 11) is 1.31. The van der Waals surface area contributed by atoms with Crippen molar-refractivity contribution in [3.63, 3.8) is 0 Å². The highest BCUT2D eigenvalue weighted by Crippen LogP contribution is 2.31. The zero-order chi connectivity index (χ0) is 19.4. The maximum absolute atomic E-state index is 14.1. The highest BCUT2D eigenvalue weighted by molar-refractivity contribution is 5.77. The van der Waals surface area contributed by atoms with Crippen LogP contribution in [0.5, 0.6) is 0 Å². The maximum atomic E-state index is 14.1. The van der Waals surface area contributed by atoms with Crippen LogP contribution < -0.4 is 5.32 Å². The van der Waals surface area contributed by atoms with E-state index in [2.05, 4.69) is 15.2 Å². The molecule has 1 aliphatic rings. The molecule has 0 radical (unpaired) electrons. The fourth-order valence-corrected chi connectivity index (χ4v) is 3.33. The molecule has 1 amide bonds. The molecule has 0 aliphatic heterocycles. The normalized spacial score (nSPS) is 15.9. The quantitative estimate of drug-likeness (QED) is 0.786. The molecule has 0 bridgehead atoms. The smallest absolute Gasteiger partial charge is 0.305 e. The van der Waals surface area contributed by atoms with Crippen LogP contribution >= 0.6 is 0 Å². The van der Waals surface area contributed by atoms with Crippen molar-refractivity contribution >= 4 is 11.9 Å². The van der Waals surface area contributed by atoms with Crippen LogP contribution in [0.3, 0.4) is 0 Å². The monoisotopic (exact) mass is 377 g/mol. The number of carbonyl (C=O) groups excluding carboxylic acids is 2. The fraction of sp³-hybridized carbons (Fsp3) is 0.421. The van der Waals surface area contributed by atoms with Crippen LogP contribution in [0.4, 0.5) is 8.78 Å². The summed E-state index contributed by atoms with van der Waals surface area (Å²) in [5.74, 6) is -1.83. The number of hydrogen-bond acceptors (Lipinski definition) is 4. The molecule has 144 valence electrons. The van der Waals surface area contributed by atoms with E-state index in [1.54, 1.807) is 6.20 Å². The number of carbonyl (C=O) groups is 2. The molecule has 1 aliphatic carbocycles. The molecule has 1 aromatic heterocycles. The van der Waals surface area contributed by atoms with Gasteiger partial charge >= 0.3 is 5.97 Å². The molecule has 1 heterocycles. The van der Waals surface area contributed by atoms with Crippen LogP contribution in [0.15, 0.2) is 24.4 Å². The number of aromatic nitrogens is 2. The van der Waals surface area contributed by atoms with E-state index >= 15 is 0 Å². The fourth-order valence-electron chi connectivity index (χ4n) is 3.33. The number of esters is 1. The third kappa shape index (κ3) is 4.32. The van der Waals surface area contributed by atoms with Crippen molar-refractivity contribution in [2.45, 2.75) is 44.6 Å². The number of nitrogens with one attached hydrogen (secondary N) is 1. The highest BCUT2D eigenvalue weighted by atomic mass is 19.1. The van der Waals surface area contributed by atoms with E-state index in [0.717, 1.165) is 30.2 Å². The first kappa shape index (κ1) is 19.0. The van der Waals surface area contributed by atoms with Crippen molar-refractivity contribution in [2.75, 3.05) is 7.11 Å². The molecule has 0 unspecified atom stereocenters. The second kappa shape index (κ2) is 8.28. The Bertz CT molecular complexity index is 851. The summed E-state index contributed by atoms with van der Waals surface area (Å²) in [5, 5.41) is 7.21. The molecule has 0 saturated heterocycles. The predicted octanol–water partition coefficient (Wildman–Crippen LogP) is 2.99. The van der Waals surface area contributed by atoms with Crippen LogP contribution in [-0.4, -0.2) is 28.8 Å². The van der Waals surface area contributed by atoms with E-state index in [0.29, 0.717) is 12.8 Å². The van der Waals surface area contributed by atoms with Gasteiger partial charge in [0.05, 0.1) is 19.3 Å². The Morgan fingerprint density at radius 3 is 2.89 bits per heavy atom. The number of amides is 1. The number of benzene rings is 1. The van der Waals surface area contributed by atoms with E-state index in [1.165, 1.54) is 23.9 Å². The molecule has 3 rings (SSSR count). The highest BCUT2D eigenvalue weighted by Gasteiger charge is 2.26. The Morgan fingerprint density at radius 1 is 1.33 bits per heavy atom. The van der Waals surface area contributed by atoms with Crippen LogP contribution in [0, 0.1) is 11.6 Å². The van der Waals surface area contributed by atoms with Crippen LogP contribution in [0.2, 0.25) is 0 Å². The summed E-state index contributed by atoms with van der Waals surface area (Å²) in [4.78, 5) is 23.3. The lowest BCUT2D eigenvalue weighted by molar-refractivity contribution is -0.140. The molecule has 0 saturated carbocycles. The number of hydrogen-bond donors (Lipinski definition) is 1. The van der Waals surface area contributed by atoms with Gasteiger partial charge in [-0.25, -0.2) is 13.5 Å². The summed E-state index contributed by atoms with van der Waals surface area (Å²) in [6, 6.07) is 3.16. The summed E-state index contributed by atoms with van der Waals surface area (Å²) < 4.78 is 33.3. The largest absolute Gasteiger partial charge is 0.469 e. The van der Waals surface area contributed by atoms with E-state index in [1.807, 2.05) is 0 Å². The number of ether oxygens (including phenoxy) is 1. The first-order valence-corrected chi connectivity index (χ1v) is 8.88. The lowest BCUT2D eigenvalue weighted by atomic mass is 9.92. The Morgan fingerprint density at radius 2 is 2.15 bits per heavy atom. The Kier molecular flexibility index (Phi) is 5.83. The SMILES string of the molecule is COC(=O)CCCC(=O)N[C@@H]1CCCc2c1cnn2-c1ccc(F)cc1F. The lowest BCUT2D eigenvalue weighted by Gasteiger charge is -2.24. The van der Waals surface area contributed by atoms with Crippen molar-refractivity contribution in [3.05, 3.63) is 47.3 Å². The van der Waals surface area contributed by atoms with Gasteiger partial charge in [0.2, 0.25) is 5.91 Å². The van der Waals surface area contributed by atoms with Gasteiger partial charge in [0.25, 0.3) is 0 Å². The minimum atomic E-state index is -0.685. The van der Waals surface area contributed by atoms with Crippen LogP contribution in [0.25, 0.3) is 5.69 Å². The van der Waals surface area contributed by atoms with Crippen molar-refractivity contribution in [1.29, 1.82) is 0 Å². The second-order valence-electron chi connectivity index (χ2n) is 6.50. The summed E-state index contributed by atoms with van der Waals surface area (Å²) >= 11 is 0. The topological polar surface area (TPSA) is 73.2 Å². The van der Waals surface area contributed by atoms with Gasteiger partial charge in [-0.05, 0) is 37.8 Å². The first-order valence-electron chi connectivity index (χ1n) is 8.88. The Hall–Kier alpha value is -2.77. The Labute approximate surface area is 155 Å².